The Balaban J connectivity index is 1.89. The molecule has 0 aliphatic carbocycles. The Kier molecular flexibility index (Phi) is 4.86. The fraction of sp³-hybridized carbons (Fsp3) is 0.533. The van der Waals surface area contributed by atoms with Crippen molar-refractivity contribution >= 4 is 16.9 Å². The number of rotatable bonds is 3. The van der Waals surface area contributed by atoms with E-state index in [0.29, 0.717) is 12.0 Å². The zero-order valence-electron chi connectivity index (χ0n) is 11.7. The summed E-state index contributed by atoms with van der Waals surface area (Å²) in [5.74, 6) is 1.64. The standard InChI is InChI=1S/C15H21FN2S/c1-10-8-14(16)5-4-13(10)6-7-17-15-18-12(3)11(2)9-19-15/h4-5,8,11-12H,6-7,9H2,1-3H3,(H,17,18). The van der Waals surface area contributed by atoms with Crippen molar-refractivity contribution in [3.8, 4) is 0 Å². The van der Waals surface area contributed by atoms with Gasteiger partial charge in [0, 0.05) is 18.3 Å². The Morgan fingerprint density at radius 1 is 1.42 bits per heavy atom. The number of benzene rings is 1. The number of hydrogen-bond acceptors (Lipinski definition) is 2. The second-order valence-electron chi connectivity index (χ2n) is 5.23. The normalized spacial score (nSPS) is 25.4. The van der Waals surface area contributed by atoms with Gasteiger partial charge in [-0.05, 0) is 49.4 Å². The first-order valence-corrected chi connectivity index (χ1v) is 7.73. The number of halogens is 1. The van der Waals surface area contributed by atoms with Crippen LogP contribution >= 0.6 is 11.8 Å². The molecule has 0 radical (unpaired) electrons. The topological polar surface area (TPSA) is 24.4 Å². The molecular weight excluding hydrogens is 259 g/mol. The Morgan fingerprint density at radius 3 is 2.89 bits per heavy atom. The van der Waals surface area contributed by atoms with Gasteiger partial charge in [0.1, 0.15) is 5.82 Å². The van der Waals surface area contributed by atoms with Crippen LogP contribution in [0.5, 0.6) is 0 Å². The third kappa shape index (κ3) is 3.96. The second kappa shape index (κ2) is 6.42. The molecule has 2 atom stereocenters. The van der Waals surface area contributed by atoms with Crippen molar-refractivity contribution in [1.82, 2.24) is 5.32 Å². The van der Waals surface area contributed by atoms with Gasteiger partial charge in [-0.3, -0.25) is 4.99 Å². The van der Waals surface area contributed by atoms with Gasteiger partial charge < -0.3 is 5.32 Å². The van der Waals surface area contributed by atoms with Crippen molar-refractivity contribution in [1.29, 1.82) is 0 Å². The first-order chi connectivity index (χ1) is 9.06. The van der Waals surface area contributed by atoms with Crippen LogP contribution in [0.2, 0.25) is 0 Å². The van der Waals surface area contributed by atoms with Crippen LogP contribution < -0.4 is 5.32 Å². The average Bonchev–Trinajstić information content (AvgIpc) is 2.36. The number of amidine groups is 1. The van der Waals surface area contributed by atoms with Gasteiger partial charge in [0.25, 0.3) is 0 Å². The lowest BCUT2D eigenvalue weighted by molar-refractivity contribution is 0.490. The molecule has 1 N–H and O–H groups in total. The molecule has 104 valence electrons. The molecule has 0 aromatic heterocycles. The maximum absolute atomic E-state index is 13.0. The summed E-state index contributed by atoms with van der Waals surface area (Å²) in [7, 11) is 0. The Hall–Kier alpha value is -1.03. The molecule has 1 aromatic carbocycles. The molecule has 19 heavy (non-hydrogen) atoms. The Bertz CT molecular complexity index is 473. The number of aliphatic imine (C=N–C) groups is 1. The minimum atomic E-state index is -0.167. The summed E-state index contributed by atoms with van der Waals surface area (Å²) in [5, 5.41) is 4.48. The third-order valence-corrected chi connectivity index (χ3v) is 4.84. The molecule has 0 bridgehead atoms. The molecule has 4 heteroatoms. The van der Waals surface area contributed by atoms with Gasteiger partial charge in [-0.25, -0.2) is 4.39 Å². The number of nitrogens with one attached hydrogen (secondary N) is 1. The lowest BCUT2D eigenvalue weighted by atomic mass is 10.1. The molecular formula is C15H21FN2S. The van der Waals surface area contributed by atoms with Crippen molar-refractivity contribution in [3.63, 3.8) is 0 Å². The molecule has 1 aromatic rings. The van der Waals surface area contributed by atoms with Gasteiger partial charge in [-0.2, -0.15) is 0 Å². The molecule has 1 saturated heterocycles. The lowest BCUT2D eigenvalue weighted by Crippen LogP contribution is -2.41. The zero-order valence-corrected chi connectivity index (χ0v) is 12.6. The van der Waals surface area contributed by atoms with Crippen molar-refractivity contribution in [2.75, 3.05) is 12.3 Å². The molecule has 0 spiro atoms. The summed E-state index contributed by atoms with van der Waals surface area (Å²) in [6.07, 6.45) is 0.863. The van der Waals surface area contributed by atoms with Crippen molar-refractivity contribution < 1.29 is 4.39 Å². The van der Waals surface area contributed by atoms with E-state index in [4.69, 9.17) is 0 Å². The largest absolute Gasteiger partial charge is 0.362 e. The highest BCUT2D eigenvalue weighted by molar-refractivity contribution is 8.13. The van der Waals surface area contributed by atoms with Crippen LogP contribution in [0, 0.1) is 18.7 Å². The molecule has 1 fully saturated rings. The third-order valence-electron chi connectivity index (χ3n) is 3.63. The van der Waals surface area contributed by atoms with Gasteiger partial charge in [-0.1, -0.05) is 24.8 Å². The van der Waals surface area contributed by atoms with Crippen LogP contribution in [-0.4, -0.2) is 23.5 Å². The van der Waals surface area contributed by atoms with Gasteiger partial charge in [-0.15, -0.1) is 0 Å². The number of aryl methyl sites for hydroxylation is 1. The van der Waals surface area contributed by atoms with Crippen LogP contribution in [0.3, 0.4) is 0 Å². The van der Waals surface area contributed by atoms with Gasteiger partial charge in [0.2, 0.25) is 0 Å². The predicted molar refractivity (Wildman–Crippen MR) is 81.4 cm³/mol. The summed E-state index contributed by atoms with van der Waals surface area (Å²) in [6, 6.07) is 5.46. The maximum Gasteiger partial charge on any atom is 0.156 e. The van der Waals surface area contributed by atoms with Gasteiger partial charge in [0.05, 0.1) is 0 Å². The molecule has 1 aliphatic heterocycles. The first kappa shape index (κ1) is 14.4. The van der Waals surface area contributed by atoms with E-state index < -0.39 is 0 Å². The van der Waals surface area contributed by atoms with E-state index in [2.05, 4.69) is 24.2 Å². The van der Waals surface area contributed by atoms with Gasteiger partial charge in [0.15, 0.2) is 5.17 Å². The second-order valence-corrected chi connectivity index (χ2v) is 6.24. The highest BCUT2D eigenvalue weighted by Gasteiger charge is 2.20. The van der Waals surface area contributed by atoms with E-state index in [9.17, 15) is 4.39 Å². The summed E-state index contributed by atoms with van der Waals surface area (Å²) >= 11 is 1.80. The molecule has 0 saturated carbocycles. The molecule has 1 aliphatic rings. The summed E-state index contributed by atoms with van der Waals surface area (Å²) in [6.45, 7) is 7.15. The SMILES string of the molecule is Cc1cc(F)ccc1CCN=C1NC(C)C(C)CS1. The molecule has 1 heterocycles. The number of thioether (sulfide) groups is 1. The minimum absolute atomic E-state index is 0.167. The molecule has 0 amide bonds. The maximum atomic E-state index is 13.0. The minimum Gasteiger partial charge on any atom is -0.362 e. The highest BCUT2D eigenvalue weighted by Crippen LogP contribution is 2.19. The van der Waals surface area contributed by atoms with E-state index in [1.807, 2.05) is 13.0 Å². The molecule has 2 nitrogen and oxygen atoms in total. The van der Waals surface area contributed by atoms with Crippen LogP contribution in [0.25, 0.3) is 0 Å². The van der Waals surface area contributed by atoms with Crippen LogP contribution in [0.15, 0.2) is 23.2 Å². The summed E-state index contributed by atoms with van der Waals surface area (Å²) < 4.78 is 13.0. The fourth-order valence-electron chi connectivity index (χ4n) is 2.04. The van der Waals surface area contributed by atoms with E-state index >= 15 is 0 Å². The van der Waals surface area contributed by atoms with Crippen molar-refractivity contribution in [2.45, 2.75) is 33.2 Å². The van der Waals surface area contributed by atoms with E-state index in [0.717, 1.165) is 29.4 Å². The van der Waals surface area contributed by atoms with Crippen LogP contribution in [-0.2, 0) is 6.42 Å². The van der Waals surface area contributed by atoms with E-state index in [-0.39, 0.29) is 5.82 Å². The Morgan fingerprint density at radius 2 is 2.21 bits per heavy atom. The molecule has 2 unspecified atom stereocenters. The average molecular weight is 280 g/mol. The Labute approximate surface area is 118 Å². The summed E-state index contributed by atoms with van der Waals surface area (Å²) in [4.78, 5) is 4.60. The van der Waals surface area contributed by atoms with E-state index in [1.54, 1.807) is 17.8 Å². The highest BCUT2D eigenvalue weighted by atomic mass is 32.2. The van der Waals surface area contributed by atoms with E-state index in [1.165, 1.54) is 11.6 Å². The van der Waals surface area contributed by atoms with Gasteiger partial charge >= 0.3 is 0 Å². The quantitative estimate of drug-likeness (QED) is 0.917. The van der Waals surface area contributed by atoms with Crippen LogP contribution in [0.1, 0.15) is 25.0 Å². The monoisotopic (exact) mass is 280 g/mol. The lowest BCUT2D eigenvalue weighted by Gasteiger charge is -2.28. The first-order valence-electron chi connectivity index (χ1n) is 6.75. The summed E-state index contributed by atoms with van der Waals surface area (Å²) in [5.41, 5.74) is 2.18. The molecule has 2 rings (SSSR count). The fourth-order valence-corrected chi connectivity index (χ4v) is 3.20. The van der Waals surface area contributed by atoms with Crippen molar-refractivity contribution in [3.05, 3.63) is 35.1 Å². The van der Waals surface area contributed by atoms with Crippen LogP contribution in [0.4, 0.5) is 4.39 Å². The smallest absolute Gasteiger partial charge is 0.156 e. The number of hydrogen-bond donors (Lipinski definition) is 1. The zero-order chi connectivity index (χ0) is 13.8. The van der Waals surface area contributed by atoms with Crippen molar-refractivity contribution in [2.24, 2.45) is 10.9 Å². The predicted octanol–water partition coefficient (Wildman–Crippen LogP) is 3.39. The number of nitrogens with zero attached hydrogens (tertiary/aromatic N) is 1.